The topological polar surface area (TPSA) is 93.5 Å². The van der Waals surface area contributed by atoms with Crippen molar-refractivity contribution in [2.75, 3.05) is 7.11 Å². The van der Waals surface area contributed by atoms with Crippen molar-refractivity contribution in [2.24, 2.45) is 5.92 Å². The summed E-state index contributed by atoms with van der Waals surface area (Å²) in [5.41, 5.74) is 3.72. The molecule has 0 atom stereocenters. The molecule has 36 heavy (non-hydrogen) atoms. The fourth-order valence-corrected chi connectivity index (χ4v) is 5.71. The third-order valence-electron chi connectivity index (χ3n) is 6.72. The molecule has 1 fully saturated rings. The van der Waals surface area contributed by atoms with Gasteiger partial charge in [0.2, 0.25) is 0 Å². The third kappa shape index (κ3) is 4.97. The Labute approximate surface area is 211 Å². The molecule has 0 bridgehead atoms. The third-order valence-corrected chi connectivity index (χ3v) is 7.66. The second kappa shape index (κ2) is 10.1. The molecule has 4 aromatic rings. The van der Waals surface area contributed by atoms with E-state index >= 15 is 0 Å². The van der Waals surface area contributed by atoms with Gasteiger partial charge in [-0.05, 0) is 55.5 Å². The quantitative estimate of drug-likeness (QED) is 0.353. The number of nitrogens with one attached hydrogen (secondary N) is 1. The molecule has 1 aliphatic rings. The first-order chi connectivity index (χ1) is 17.4. The number of carboxylic acids is 1. The number of carbonyl (C=O) groups excluding carboxylic acids is 1. The molecule has 1 aromatic carbocycles. The van der Waals surface area contributed by atoms with E-state index in [1.165, 1.54) is 30.6 Å². The minimum absolute atomic E-state index is 0.00958. The Bertz CT molecular complexity index is 1400. The zero-order valence-electron chi connectivity index (χ0n) is 19.7. The van der Waals surface area contributed by atoms with Crippen molar-refractivity contribution in [3.63, 3.8) is 0 Å². The molecule has 0 radical (unpaired) electrons. The summed E-state index contributed by atoms with van der Waals surface area (Å²) in [7, 11) is 1.50. The van der Waals surface area contributed by atoms with Gasteiger partial charge in [-0.25, -0.2) is 4.39 Å². The number of rotatable bonds is 7. The predicted molar refractivity (Wildman–Crippen MR) is 136 cm³/mol. The van der Waals surface area contributed by atoms with Gasteiger partial charge >= 0.3 is 5.97 Å². The summed E-state index contributed by atoms with van der Waals surface area (Å²) in [6.45, 7) is 0.532. The SMILES string of the molecule is COc1cc(F)cc(-c2ccc(Cn3ccc4scc(C(=O)NC5CCC(C(=O)O)CC5)c43)cn2)c1. The molecule has 5 rings (SSSR count). The number of aromatic nitrogens is 2. The van der Waals surface area contributed by atoms with Gasteiger partial charge in [0.05, 0.1) is 34.5 Å². The average molecular weight is 508 g/mol. The first-order valence-electron chi connectivity index (χ1n) is 11.8. The van der Waals surface area contributed by atoms with Gasteiger partial charge in [0.1, 0.15) is 11.6 Å². The van der Waals surface area contributed by atoms with Crippen LogP contribution in [0.5, 0.6) is 5.75 Å². The number of carboxylic acid groups (broad SMARTS) is 1. The van der Waals surface area contributed by atoms with Crippen LogP contribution in [0, 0.1) is 11.7 Å². The molecule has 1 saturated carbocycles. The van der Waals surface area contributed by atoms with E-state index in [-0.39, 0.29) is 23.7 Å². The van der Waals surface area contributed by atoms with Crippen LogP contribution in [-0.4, -0.2) is 39.7 Å². The Morgan fingerprint density at radius 3 is 2.69 bits per heavy atom. The Morgan fingerprint density at radius 2 is 2.00 bits per heavy atom. The van der Waals surface area contributed by atoms with Gasteiger partial charge in [0.25, 0.3) is 5.91 Å². The van der Waals surface area contributed by atoms with Crippen molar-refractivity contribution < 1.29 is 23.8 Å². The maximum Gasteiger partial charge on any atom is 0.306 e. The highest BCUT2D eigenvalue weighted by atomic mass is 32.1. The first kappa shape index (κ1) is 24.0. The van der Waals surface area contributed by atoms with Crippen molar-refractivity contribution in [2.45, 2.75) is 38.3 Å². The van der Waals surface area contributed by atoms with Gasteiger partial charge < -0.3 is 19.7 Å². The summed E-state index contributed by atoms with van der Waals surface area (Å²) < 4.78 is 22.1. The summed E-state index contributed by atoms with van der Waals surface area (Å²) in [4.78, 5) is 28.8. The van der Waals surface area contributed by atoms with Crippen LogP contribution in [0.2, 0.25) is 0 Å². The van der Waals surface area contributed by atoms with E-state index in [1.807, 2.05) is 34.3 Å². The smallest absolute Gasteiger partial charge is 0.306 e. The number of pyridine rings is 1. The van der Waals surface area contributed by atoms with Gasteiger partial charge in [-0.1, -0.05) is 6.07 Å². The normalized spacial score (nSPS) is 17.7. The van der Waals surface area contributed by atoms with E-state index in [9.17, 15) is 19.1 Å². The lowest BCUT2D eigenvalue weighted by Gasteiger charge is -2.26. The molecule has 186 valence electrons. The number of fused-ring (bicyclic) bond motifs is 1. The number of benzene rings is 1. The van der Waals surface area contributed by atoms with Crippen molar-refractivity contribution in [1.29, 1.82) is 0 Å². The lowest BCUT2D eigenvalue weighted by molar-refractivity contribution is -0.142. The van der Waals surface area contributed by atoms with E-state index in [2.05, 4.69) is 10.3 Å². The van der Waals surface area contributed by atoms with Crippen molar-refractivity contribution in [3.8, 4) is 17.0 Å². The highest BCUT2D eigenvalue weighted by Crippen LogP contribution is 2.30. The van der Waals surface area contributed by atoms with Crippen LogP contribution in [0.1, 0.15) is 41.6 Å². The maximum atomic E-state index is 13.9. The number of hydrogen-bond acceptors (Lipinski definition) is 5. The summed E-state index contributed by atoms with van der Waals surface area (Å²) in [6.07, 6.45) is 6.23. The van der Waals surface area contributed by atoms with Crippen LogP contribution in [-0.2, 0) is 11.3 Å². The molecule has 0 aliphatic heterocycles. The van der Waals surface area contributed by atoms with Crippen LogP contribution in [0.4, 0.5) is 4.39 Å². The van der Waals surface area contributed by atoms with Crippen LogP contribution in [0.15, 0.2) is 54.2 Å². The second-order valence-corrected chi connectivity index (χ2v) is 10.0. The Kier molecular flexibility index (Phi) is 6.73. The number of amides is 1. The zero-order valence-corrected chi connectivity index (χ0v) is 20.6. The summed E-state index contributed by atoms with van der Waals surface area (Å²) in [5, 5.41) is 14.2. The fourth-order valence-electron chi connectivity index (χ4n) is 4.77. The standard InChI is InChI=1S/C27H26FN3O4S/c1-35-21-11-18(10-19(28)12-21)23-7-2-16(13-29-23)14-31-9-8-24-25(31)22(15-36-24)26(32)30-20-5-3-17(4-6-20)27(33)34/h2,7-13,15,17,20H,3-6,14H2,1H3,(H,30,32)(H,33,34). The number of methoxy groups -OCH3 is 1. The van der Waals surface area contributed by atoms with Crippen LogP contribution < -0.4 is 10.1 Å². The van der Waals surface area contributed by atoms with E-state index in [0.717, 1.165) is 15.8 Å². The molecular formula is C27H26FN3O4S. The Morgan fingerprint density at radius 1 is 1.19 bits per heavy atom. The fraction of sp³-hybridized carbons (Fsp3) is 0.296. The molecule has 1 aliphatic carbocycles. The second-order valence-electron chi connectivity index (χ2n) is 9.10. The molecule has 0 unspecified atom stereocenters. The van der Waals surface area contributed by atoms with E-state index in [0.29, 0.717) is 54.8 Å². The monoisotopic (exact) mass is 507 g/mol. The lowest BCUT2D eigenvalue weighted by atomic mass is 9.86. The maximum absolute atomic E-state index is 13.9. The molecule has 0 saturated heterocycles. The minimum Gasteiger partial charge on any atom is -0.497 e. The van der Waals surface area contributed by atoms with Gasteiger partial charge in [-0.2, -0.15) is 0 Å². The average Bonchev–Trinajstić information content (AvgIpc) is 3.47. The van der Waals surface area contributed by atoms with Crippen molar-refractivity contribution in [1.82, 2.24) is 14.9 Å². The number of halogens is 1. The minimum atomic E-state index is -0.754. The molecule has 1 amide bonds. The van der Waals surface area contributed by atoms with Gasteiger partial charge in [-0.15, -0.1) is 11.3 Å². The molecule has 7 nitrogen and oxygen atoms in total. The first-order valence-corrected chi connectivity index (χ1v) is 12.7. The molecule has 0 spiro atoms. The predicted octanol–water partition coefficient (Wildman–Crippen LogP) is 5.33. The highest BCUT2D eigenvalue weighted by Gasteiger charge is 2.27. The molecule has 3 heterocycles. The molecular weight excluding hydrogens is 481 g/mol. The Balaban J connectivity index is 1.31. The van der Waals surface area contributed by atoms with Crippen LogP contribution in [0.25, 0.3) is 21.5 Å². The number of ether oxygens (including phenoxy) is 1. The van der Waals surface area contributed by atoms with Crippen molar-refractivity contribution >= 4 is 33.4 Å². The van der Waals surface area contributed by atoms with Gasteiger partial charge in [0.15, 0.2) is 0 Å². The van der Waals surface area contributed by atoms with Crippen LogP contribution >= 0.6 is 11.3 Å². The van der Waals surface area contributed by atoms with Crippen LogP contribution in [0.3, 0.4) is 0 Å². The Hall–Kier alpha value is -3.72. The summed E-state index contributed by atoms with van der Waals surface area (Å²) >= 11 is 1.52. The highest BCUT2D eigenvalue weighted by molar-refractivity contribution is 7.17. The summed E-state index contributed by atoms with van der Waals surface area (Å²) in [6, 6.07) is 10.3. The number of aliphatic carboxylic acids is 1. The van der Waals surface area contributed by atoms with E-state index in [4.69, 9.17) is 4.74 Å². The zero-order chi connectivity index (χ0) is 25.2. The lowest BCUT2D eigenvalue weighted by Crippen LogP contribution is -2.38. The number of hydrogen-bond donors (Lipinski definition) is 2. The van der Waals surface area contributed by atoms with E-state index < -0.39 is 5.97 Å². The van der Waals surface area contributed by atoms with Crippen molar-refractivity contribution in [3.05, 3.63) is 71.1 Å². The largest absolute Gasteiger partial charge is 0.497 e. The summed E-state index contributed by atoms with van der Waals surface area (Å²) in [5.74, 6) is -1.15. The molecule has 2 N–H and O–H groups in total. The molecule has 9 heteroatoms. The number of carbonyl (C=O) groups is 2. The van der Waals surface area contributed by atoms with Gasteiger partial charge in [0, 0.05) is 42.0 Å². The van der Waals surface area contributed by atoms with Gasteiger partial charge in [-0.3, -0.25) is 14.6 Å². The molecule has 3 aromatic heterocycles. The number of thiophene rings is 1. The van der Waals surface area contributed by atoms with E-state index in [1.54, 1.807) is 12.3 Å². The number of nitrogens with zero attached hydrogens (tertiary/aromatic N) is 2.